The highest BCUT2D eigenvalue weighted by Gasteiger charge is 2.35. The lowest BCUT2D eigenvalue weighted by Gasteiger charge is -2.31. The Bertz CT molecular complexity index is 1570. The highest BCUT2D eigenvalue weighted by molar-refractivity contribution is 6.38. The largest absolute Gasteiger partial charge is 0.479 e. The highest BCUT2D eigenvalue weighted by Crippen LogP contribution is 2.27. The summed E-state index contributed by atoms with van der Waals surface area (Å²) in [5, 5.41) is 22.0. The van der Waals surface area contributed by atoms with Gasteiger partial charge in [-0.05, 0) is 54.4 Å². The van der Waals surface area contributed by atoms with Crippen LogP contribution in [0.4, 0.5) is 9.18 Å². The number of hydrogen-bond donors (Lipinski definition) is 6. The summed E-state index contributed by atoms with van der Waals surface area (Å²) < 4.78 is 19.0. The van der Waals surface area contributed by atoms with E-state index in [1.807, 2.05) is 13.8 Å². The number of rotatable bonds is 19. The van der Waals surface area contributed by atoms with Crippen molar-refractivity contribution < 1.29 is 47.8 Å². The number of alkyl carbamates (subject to hydrolysis) is 1. The molecule has 5 amide bonds. The Labute approximate surface area is 308 Å². The third-order valence-electron chi connectivity index (χ3n) is 8.74. The molecular formula is C38H50FN5O9. The molecule has 0 spiro atoms. The summed E-state index contributed by atoms with van der Waals surface area (Å²) in [5.74, 6) is -6.56. The van der Waals surface area contributed by atoms with Gasteiger partial charge in [-0.1, -0.05) is 88.9 Å². The van der Waals surface area contributed by atoms with Gasteiger partial charge in [-0.3, -0.25) is 24.0 Å². The number of nitrogens with one attached hydrogen (secondary N) is 5. The first-order valence-corrected chi connectivity index (χ1v) is 18.0. The minimum atomic E-state index is -1.39. The summed E-state index contributed by atoms with van der Waals surface area (Å²) in [4.78, 5) is 90.9. The molecule has 0 aromatic heterocycles. The van der Waals surface area contributed by atoms with E-state index >= 15 is 0 Å². The second-order valence-corrected chi connectivity index (χ2v) is 13.6. The maximum atomic E-state index is 13.9. The van der Waals surface area contributed by atoms with E-state index in [2.05, 4.69) is 26.6 Å². The lowest BCUT2D eigenvalue weighted by Crippen LogP contribution is -2.59. The molecule has 0 radical (unpaired) electrons. The monoisotopic (exact) mass is 739 g/mol. The quantitative estimate of drug-likeness (QED) is 0.117. The van der Waals surface area contributed by atoms with E-state index in [1.54, 1.807) is 25.1 Å². The van der Waals surface area contributed by atoms with Gasteiger partial charge < -0.3 is 36.4 Å². The number of ketones is 1. The van der Waals surface area contributed by atoms with Crippen LogP contribution in [0.5, 0.6) is 0 Å². The molecule has 1 aliphatic rings. The lowest BCUT2D eigenvalue weighted by atomic mass is 9.83. The van der Waals surface area contributed by atoms with Crippen molar-refractivity contribution >= 4 is 41.5 Å². The molecular weight excluding hydrogens is 689 g/mol. The van der Waals surface area contributed by atoms with Crippen LogP contribution in [0.2, 0.25) is 0 Å². The fourth-order valence-corrected chi connectivity index (χ4v) is 5.98. The zero-order valence-electron chi connectivity index (χ0n) is 30.3. The number of carboxylic acids is 1. The molecule has 0 aliphatic heterocycles. The number of ether oxygens (including phenoxy) is 1. The predicted octanol–water partition coefficient (Wildman–Crippen LogP) is 3.10. The smallest absolute Gasteiger partial charge is 0.407 e. The van der Waals surface area contributed by atoms with E-state index in [0.717, 1.165) is 19.3 Å². The molecule has 6 N–H and O–H groups in total. The van der Waals surface area contributed by atoms with Crippen LogP contribution in [0.25, 0.3) is 0 Å². The second kappa shape index (κ2) is 21.2. The van der Waals surface area contributed by atoms with Gasteiger partial charge in [-0.2, -0.15) is 0 Å². The molecule has 53 heavy (non-hydrogen) atoms. The van der Waals surface area contributed by atoms with Crippen molar-refractivity contribution in [3.05, 3.63) is 71.5 Å². The molecule has 14 nitrogen and oxygen atoms in total. The van der Waals surface area contributed by atoms with Crippen LogP contribution in [0, 0.1) is 17.7 Å². The van der Waals surface area contributed by atoms with Gasteiger partial charge >= 0.3 is 12.1 Å². The molecule has 3 rings (SSSR count). The topological polar surface area (TPSA) is 209 Å². The first-order chi connectivity index (χ1) is 25.3. The van der Waals surface area contributed by atoms with Crippen LogP contribution >= 0.6 is 0 Å². The second-order valence-electron chi connectivity index (χ2n) is 13.6. The number of carboxylic acid groups (broad SMARTS) is 1. The van der Waals surface area contributed by atoms with Crippen LogP contribution < -0.4 is 26.6 Å². The van der Waals surface area contributed by atoms with E-state index in [0.29, 0.717) is 30.4 Å². The molecule has 2 unspecified atom stereocenters. The normalized spacial score (nSPS) is 15.2. The molecule has 288 valence electrons. The predicted molar refractivity (Wildman–Crippen MR) is 192 cm³/mol. The van der Waals surface area contributed by atoms with Crippen LogP contribution in [0.15, 0.2) is 54.6 Å². The molecule has 1 fully saturated rings. The zero-order valence-corrected chi connectivity index (χ0v) is 30.3. The molecule has 2 aromatic rings. The Balaban J connectivity index is 1.75. The molecule has 4 atom stereocenters. The summed E-state index contributed by atoms with van der Waals surface area (Å²) in [6.45, 7) is 4.90. The average molecular weight is 740 g/mol. The number of hydrogen-bond acceptors (Lipinski definition) is 8. The van der Waals surface area contributed by atoms with Crippen molar-refractivity contribution in [2.75, 3.05) is 13.2 Å². The Kier molecular flexibility index (Phi) is 16.9. The van der Waals surface area contributed by atoms with Crippen LogP contribution in [-0.4, -0.2) is 77.9 Å². The maximum absolute atomic E-state index is 13.9. The number of carbonyl (C=O) groups excluding carboxylic acids is 6. The van der Waals surface area contributed by atoms with Gasteiger partial charge in [0.15, 0.2) is 6.04 Å². The SMILES string of the molecule is CCCC(NC(=O)[C@H](Cc1ccc(F)cc1)NC(=O)[C@@H](NC(=O)OCC(C)C)C1CCCCC1)C(=O)C(=O)NCC(=O)NC(C(=O)O)c1ccccc1. The van der Waals surface area contributed by atoms with E-state index in [9.17, 15) is 43.1 Å². The van der Waals surface area contributed by atoms with Crippen molar-refractivity contribution in [3.63, 3.8) is 0 Å². The summed E-state index contributed by atoms with van der Waals surface area (Å²) in [7, 11) is 0. The third kappa shape index (κ3) is 14.0. The van der Waals surface area contributed by atoms with Crippen molar-refractivity contribution in [1.82, 2.24) is 26.6 Å². The first-order valence-electron chi connectivity index (χ1n) is 18.0. The Hall–Kier alpha value is -5.34. The van der Waals surface area contributed by atoms with Gasteiger partial charge in [0.1, 0.15) is 17.9 Å². The molecule has 0 bridgehead atoms. The van der Waals surface area contributed by atoms with Crippen LogP contribution in [0.1, 0.15) is 82.9 Å². The number of benzene rings is 2. The number of amides is 5. The van der Waals surface area contributed by atoms with Crippen molar-refractivity contribution in [3.8, 4) is 0 Å². The van der Waals surface area contributed by atoms with Gasteiger partial charge in [0.05, 0.1) is 19.2 Å². The van der Waals surface area contributed by atoms with Gasteiger partial charge in [-0.25, -0.2) is 14.0 Å². The molecule has 1 saturated carbocycles. The van der Waals surface area contributed by atoms with Crippen molar-refractivity contribution in [2.45, 2.75) is 96.3 Å². The Morgan fingerprint density at radius 1 is 0.830 bits per heavy atom. The summed E-state index contributed by atoms with van der Waals surface area (Å²) in [6, 6.07) is 8.14. The van der Waals surface area contributed by atoms with Gasteiger partial charge in [0.2, 0.25) is 23.5 Å². The van der Waals surface area contributed by atoms with Gasteiger partial charge in [0.25, 0.3) is 5.91 Å². The minimum Gasteiger partial charge on any atom is -0.479 e. The fraction of sp³-hybridized carbons (Fsp3) is 0.500. The lowest BCUT2D eigenvalue weighted by molar-refractivity contribution is -0.142. The van der Waals surface area contributed by atoms with E-state index in [-0.39, 0.29) is 31.3 Å². The summed E-state index contributed by atoms with van der Waals surface area (Å²) >= 11 is 0. The molecule has 0 heterocycles. The van der Waals surface area contributed by atoms with Crippen LogP contribution in [0.3, 0.4) is 0 Å². The Morgan fingerprint density at radius 2 is 1.47 bits per heavy atom. The standard InChI is InChI=1S/C38H50FN5O9/c1-4-11-28(33(46)36(49)40-21-30(45)43-32(37(50)51)26-14-9-6-10-15-26)41-34(47)29(20-24-16-18-27(39)19-17-24)42-35(48)31(25-12-7-5-8-13-25)44-38(52)53-22-23(2)3/h6,9-10,14-19,23,25,28-29,31-32H,4-5,7-8,11-13,20-22H2,1-3H3,(H,40,49)(H,41,47)(H,42,48)(H,43,45)(H,44,52)(H,50,51)/t28?,29-,31-,32?/m0/s1. The number of aliphatic carboxylic acids is 1. The van der Waals surface area contributed by atoms with Gasteiger partial charge in [-0.15, -0.1) is 0 Å². The van der Waals surface area contributed by atoms with E-state index in [1.165, 1.54) is 36.4 Å². The van der Waals surface area contributed by atoms with E-state index in [4.69, 9.17) is 4.74 Å². The molecule has 15 heteroatoms. The van der Waals surface area contributed by atoms with Crippen molar-refractivity contribution in [1.29, 1.82) is 0 Å². The minimum absolute atomic E-state index is 0.0322. The molecule has 0 saturated heterocycles. The highest BCUT2D eigenvalue weighted by atomic mass is 19.1. The zero-order chi connectivity index (χ0) is 38.9. The third-order valence-corrected chi connectivity index (χ3v) is 8.74. The molecule has 1 aliphatic carbocycles. The maximum Gasteiger partial charge on any atom is 0.407 e. The van der Waals surface area contributed by atoms with Crippen molar-refractivity contribution in [2.24, 2.45) is 11.8 Å². The number of halogens is 1. The average Bonchev–Trinajstić information content (AvgIpc) is 3.14. The number of Topliss-reactive ketones (excluding diaryl/α,β-unsaturated/α-hetero) is 1. The summed E-state index contributed by atoms with van der Waals surface area (Å²) in [5.41, 5.74) is 0.790. The Morgan fingerprint density at radius 3 is 2.08 bits per heavy atom. The fourth-order valence-electron chi connectivity index (χ4n) is 5.98. The summed E-state index contributed by atoms with van der Waals surface area (Å²) in [6.07, 6.45) is 3.55. The number of carbonyl (C=O) groups is 7. The molecule has 2 aromatic carbocycles. The van der Waals surface area contributed by atoms with Crippen LogP contribution in [-0.2, 0) is 39.9 Å². The van der Waals surface area contributed by atoms with Gasteiger partial charge in [0, 0.05) is 6.42 Å². The van der Waals surface area contributed by atoms with E-state index < -0.39 is 78.0 Å². The first kappa shape index (κ1) is 42.1.